The van der Waals surface area contributed by atoms with Crippen molar-refractivity contribution < 1.29 is 14.3 Å². The minimum atomic E-state index is -0.225. The minimum absolute atomic E-state index is 0.178. The van der Waals surface area contributed by atoms with Crippen molar-refractivity contribution in [1.82, 2.24) is 5.01 Å². The number of hydrogen-bond acceptors (Lipinski definition) is 4. The number of allylic oxidation sites excluding steroid dienone is 2. The molecule has 1 saturated heterocycles. The highest BCUT2D eigenvalue weighted by atomic mass is 16.5. The van der Waals surface area contributed by atoms with Crippen molar-refractivity contribution in [3.8, 4) is 5.75 Å². The molecule has 0 spiro atoms. The molecule has 2 bridgehead atoms. The monoisotopic (exact) mass is 322 g/mol. The number of nitrogens with zero attached hydrogens (tertiary/aromatic N) is 2. The molecule has 0 radical (unpaired) electrons. The number of para-hydroxylation sites is 1. The van der Waals surface area contributed by atoms with E-state index in [0.29, 0.717) is 12.4 Å². The van der Waals surface area contributed by atoms with Crippen LogP contribution in [-0.4, -0.2) is 29.6 Å². The van der Waals surface area contributed by atoms with E-state index in [2.05, 4.69) is 23.8 Å². The zero-order chi connectivity index (χ0) is 16.7. The van der Waals surface area contributed by atoms with Gasteiger partial charge in [-0.1, -0.05) is 36.9 Å². The van der Waals surface area contributed by atoms with Crippen molar-refractivity contribution in [1.29, 1.82) is 0 Å². The molecule has 1 saturated carbocycles. The van der Waals surface area contributed by atoms with Gasteiger partial charge < -0.3 is 4.74 Å². The Bertz CT molecular complexity index is 738. The fraction of sp³-hybridized carbons (Fsp3) is 0.316. The van der Waals surface area contributed by atoms with Crippen LogP contribution in [0.5, 0.6) is 5.75 Å². The number of carbonyl (C=O) groups is 2. The number of benzene rings is 1. The number of carbonyl (C=O) groups excluding carboxylic acids is 2. The highest BCUT2D eigenvalue weighted by molar-refractivity contribution is 6.06. The third-order valence-corrected chi connectivity index (χ3v) is 5.04. The zero-order valence-electron chi connectivity index (χ0n) is 13.2. The second-order valence-electron chi connectivity index (χ2n) is 6.37. The van der Waals surface area contributed by atoms with Gasteiger partial charge in [-0.05, 0) is 30.4 Å². The molecule has 4 rings (SSSR count). The van der Waals surface area contributed by atoms with Crippen LogP contribution in [0.3, 0.4) is 0 Å². The van der Waals surface area contributed by atoms with Crippen molar-refractivity contribution in [2.75, 3.05) is 6.61 Å². The van der Waals surface area contributed by atoms with Crippen molar-refractivity contribution in [3.63, 3.8) is 0 Å². The van der Waals surface area contributed by atoms with E-state index in [9.17, 15) is 9.59 Å². The lowest BCUT2D eigenvalue weighted by Gasteiger charge is -2.13. The molecular formula is C19H18N2O3. The first-order chi connectivity index (χ1) is 11.7. The van der Waals surface area contributed by atoms with Gasteiger partial charge in [-0.25, -0.2) is 0 Å². The van der Waals surface area contributed by atoms with Gasteiger partial charge in [0, 0.05) is 5.56 Å². The summed E-state index contributed by atoms with van der Waals surface area (Å²) in [6.45, 7) is 4.01. The molecule has 122 valence electrons. The smallest absolute Gasteiger partial charge is 0.254 e. The van der Waals surface area contributed by atoms with E-state index in [1.54, 1.807) is 6.08 Å². The maximum atomic E-state index is 12.6. The molecule has 4 atom stereocenters. The Balaban J connectivity index is 1.56. The maximum Gasteiger partial charge on any atom is 0.254 e. The molecular weight excluding hydrogens is 304 g/mol. The number of amides is 2. The summed E-state index contributed by atoms with van der Waals surface area (Å²) < 4.78 is 5.57. The molecule has 2 fully saturated rings. The lowest BCUT2D eigenvalue weighted by atomic mass is 9.85. The Morgan fingerprint density at radius 3 is 2.50 bits per heavy atom. The lowest BCUT2D eigenvalue weighted by molar-refractivity contribution is -0.140. The van der Waals surface area contributed by atoms with Crippen molar-refractivity contribution >= 4 is 18.0 Å². The Morgan fingerprint density at radius 1 is 1.17 bits per heavy atom. The highest BCUT2D eigenvalue weighted by Gasteiger charge is 2.59. The molecule has 1 aromatic rings. The van der Waals surface area contributed by atoms with Crippen molar-refractivity contribution in [3.05, 3.63) is 54.6 Å². The van der Waals surface area contributed by atoms with Gasteiger partial charge in [0.2, 0.25) is 0 Å². The molecule has 0 aromatic heterocycles. The Hall–Kier alpha value is -2.69. The summed E-state index contributed by atoms with van der Waals surface area (Å²) in [5.41, 5.74) is 0.720. The SMILES string of the molecule is C=CCOc1ccccc1C=NN1C(=O)C2C3C=CC(C3)C2C1=O. The molecule has 4 unspecified atom stereocenters. The summed E-state index contributed by atoms with van der Waals surface area (Å²) >= 11 is 0. The Labute approximate surface area is 140 Å². The van der Waals surface area contributed by atoms with Gasteiger partial charge in [0.25, 0.3) is 11.8 Å². The summed E-state index contributed by atoms with van der Waals surface area (Å²) in [7, 11) is 0. The topological polar surface area (TPSA) is 59.0 Å². The Kier molecular flexibility index (Phi) is 3.56. The molecule has 1 aromatic carbocycles. The molecule has 5 heteroatoms. The number of fused-ring (bicyclic) bond motifs is 5. The first-order valence-corrected chi connectivity index (χ1v) is 8.13. The quantitative estimate of drug-likeness (QED) is 0.475. The number of hydrazone groups is 1. The predicted molar refractivity (Wildman–Crippen MR) is 89.3 cm³/mol. The first-order valence-electron chi connectivity index (χ1n) is 8.13. The van der Waals surface area contributed by atoms with E-state index in [4.69, 9.17) is 4.74 Å². The maximum absolute atomic E-state index is 12.6. The van der Waals surface area contributed by atoms with Gasteiger partial charge in [0.15, 0.2) is 0 Å². The second kappa shape index (κ2) is 5.74. The Morgan fingerprint density at radius 2 is 1.83 bits per heavy atom. The first kappa shape index (κ1) is 14.9. The van der Waals surface area contributed by atoms with Crippen LogP contribution in [-0.2, 0) is 9.59 Å². The molecule has 1 aliphatic heterocycles. The molecule has 0 N–H and O–H groups in total. The van der Waals surface area contributed by atoms with E-state index >= 15 is 0 Å². The van der Waals surface area contributed by atoms with Gasteiger partial charge in [-0.3, -0.25) is 9.59 Å². The minimum Gasteiger partial charge on any atom is -0.489 e. The summed E-state index contributed by atoms with van der Waals surface area (Å²) in [5, 5.41) is 5.23. The van der Waals surface area contributed by atoms with Crippen LogP contribution < -0.4 is 4.74 Å². The fourth-order valence-corrected chi connectivity index (χ4v) is 3.99. The van der Waals surface area contributed by atoms with E-state index < -0.39 is 0 Å². The van der Waals surface area contributed by atoms with Crippen LogP contribution in [0.25, 0.3) is 0 Å². The average molecular weight is 322 g/mol. The molecule has 3 aliphatic rings. The van der Waals surface area contributed by atoms with Crippen LogP contribution >= 0.6 is 0 Å². The fourth-order valence-electron chi connectivity index (χ4n) is 3.99. The van der Waals surface area contributed by atoms with E-state index in [0.717, 1.165) is 17.0 Å². The second-order valence-corrected chi connectivity index (χ2v) is 6.37. The van der Waals surface area contributed by atoms with E-state index in [-0.39, 0.29) is 35.5 Å². The van der Waals surface area contributed by atoms with E-state index in [1.165, 1.54) is 6.21 Å². The van der Waals surface area contributed by atoms with Crippen LogP contribution in [0.4, 0.5) is 0 Å². The van der Waals surface area contributed by atoms with Gasteiger partial charge in [0.05, 0.1) is 18.1 Å². The third kappa shape index (κ3) is 2.19. The molecule has 5 nitrogen and oxygen atoms in total. The highest BCUT2D eigenvalue weighted by Crippen LogP contribution is 2.52. The number of ether oxygens (including phenoxy) is 1. The molecule has 24 heavy (non-hydrogen) atoms. The van der Waals surface area contributed by atoms with Crippen molar-refractivity contribution in [2.24, 2.45) is 28.8 Å². The van der Waals surface area contributed by atoms with Crippen LogP contribution in [0.15, 0.2) is 54.2 Å². The van der Waals surface area contributed by atoms with Crippen molar-refractivity contribution in [2.45, 2.75) is 6.42 Å². The van der Waals surface area contributed by atoms with Gasteiger partial charge in [0.1, 0.15) is 12.4 Å². The summed E-state index contributed by atoms with van der Waals surface area (Å²) in [6.07, 6.45) is 8.24. The summed E-state index contributed by atoms with van der Waals surface area (Å²) in [4.78, 5) is 25.2. The third-order valence-electron chi connectivity index (χ3n) is 5.04. The predicted octanol–water partition coefficient (Wildman–Crippen LogP) is 2.39. The summed E-state index contributed by atoms with van der Waals surface area (Å²) in [5.74, 6) is 0.223. The van der Waals surface area contributed by atoms with Crippen LogP contribution in [0.2, 0.25) is 0 Å². The largest absolute Gasteiger partial charge is 0.489 e. The molecule has 1 heterocycles. The van der Waals surface area contributed by atoms with Crippen LogP contribution in [0.1, 0.15) is 12.0 Å². The molecule has 2 amide bonds. The van der Waals surface area contributed by atoms with Gasteiger partial charge in [-0.15, -0.1) is 0 Å². The van der Waals surface area contributed by atoms with E-state index in [1.807, 2.05) is 24.3 Å². The normalized spacial score (nSPS) is 30.4. The number of imide groups is 1. The number of rotatable bonds is 5. The van der Waals surface area contributed by atoms with Gasteiger partial charge >= 0.3 is 0 Å². The number of hydrogen-bond donors (Lipinski definition) is 0. The summed E-state index contributed by atoms with van der Waals surface area (Å²) in [6, 6.07) is 7.36. The average Bonchev–Trinajstić information content (AvgIpc) is 3.27. The van der Waals surface area contributed by atoms with Crippen LogP contribution in [0, 0.1) is 23.7 Å². The molecule has 2 aliphatic carbocycles. The standard InChI is InChI=1S/C19H18N2O3/c1-2-9-24-15-6-4-3-5-14(15)11-20-21-18(22)16-12-7-8-13(10-12)17(16)19(21)23/h2-8,11-13,16-17H,1,9-10H2. The lowest BCUT2D eigenvalue weighted by Crippen LogP contribution is -2.28. The van der Waals surface area contributed by atoms with Gasteiger partial charge in [-0.2, -0.15) is 10.1 Å². The zero-order valence-corrected chi connectivity index (χ0v) is 13.2.